The molecule has 1 atom stereocenters. The van der Waals surface area contributed by atoms with E-state index in [0.717, 1.165) is 69.0 Å². The summed E-state index contributed by atoms with van der Waals surface area (Å²) in [5.41, 5.74) is 1.65. The molecule has 2 fully saturated rings. The van der Waals surface area contributed by atoms with Gasteiger partial charge >= 0.3 is 6.18 Å². The number of aliphatic hydroxyl groups is 1. The van der Waals surface area contributed by atoms with Crippen LogP contribution in [0.4, 0.5) is 19.1 Å². The Balaban J connectivity index is 1.21. The number of fused-ring (bicyclic) bond motifs is 1. The fraction of sp³-hybridized carbons (Fsp3) is 0.581. The van der Waals surface area contributed by atoms with Gasteiger partial charge in [0.25, 0.3) is 0 Å². The number of nitrogens with zero attached hydrogens (tertiary/aromatic N) is 8. The molecule has 1 unspecified atom stereocenters. The predicted octanol–water partition coefficient (Wildman–Crippen LogP) is 2.28. The largest absolute Gasteiger partial charge is 0.417 e. The summed E-state index contributed by atoms with van der Waals surface area (Å²) < 4.78 is 75.8. The van der Waals surface area contributed by atoms with E-state index < -0.39 is 27.9 Å². The lowest BCUT2D eigenvalue weighted by Crippen LogP contribution is -2.49. The Bertz CT molecular complexity index is 1650. The van der Waals surface area contributed by atoms with E-state index in [1.807, 2.05) is 0 Å². The second-order valence-electron chi connectivity index (χ2n) is 12.3. The lowest BCUT2D eigenvalue weighted by Gasteiger charge is -2.35. The molecule has 3 aliphatic heterocycles. The zero-order valence-electron chi connectivity index (χ0n) is 26.8. The molecule has 2 saturated heterocycles. The summed E-state index contributed by atoms with van der Waals surface area (Å²) >= 11 is 1.15. The smallest absolute Gasteiger partial charge is 0.390 e. The third-order valence-electron chi connectivity index (χ3n) is 8.96. The molecule has 1 N–H and O–H groups in total. The van der Waals surface area contributed by atoms with Crippen molar-refractivity contribution >= 4 is 27.7 Å². The first kappa shape index (κ1) is 35.0. The molecule has 48 heavy (non-hydrogen) atoms. The fourth-order valence-electron chi connectivity index (χ4n) is 6.41. The van der Waals surface area contributed by atoms with Gasteiger partial charge in [-0.2, -0.15) is 22.6 Å². The summed E-state index contributed by atoms with van der Waals surface area (Å²) in [6.07, 6.45) is -0.354. The standard InChI is InChI=1S/C31H41F3N8O4S2/c1-48(44,45)41-8-5-27-25(22-41)29(23-3-4-26(31(32,33)34)28(19-23)47-18-15-38-13-16-46-17-14-38)37-42(27)21-24(43)20-39-9-11-40(12-10-39)30-35-6-2-7-36-30/h2-4,6-7,19,24,43H,5,8-18,20-22H2,1H3. The highest BCUT2D eigenvalue weighted by Crippen LogP contribution is 2.40. The summed E-state index contributed by atoms with van der Waals surface area (Å²) in [4.78, 5) is 15.2. The van der Waals surface area contributed by atoms with Crippen molar-refractivity contribution in [1.29, 1.82) is 0 Å². The molecule has 12 nitrogen and oxygen atoms in total. The number of ether oxygens (including phenoxy) is 1. The van der Waals surface area contributed by atoms with Crippen LogP contribution in [-0.4, -0.2) is 138 Å². The van der Waals surface area contributed by atoms with E-state index in [1.165, 1.54) is 16.4 Å². The zero-order chi connectivity index (χ0) is 33.9. The quantitative estimate of drug-likeness (QED) is 0.296. The number of rotatable bonds is 11. The number of β-amino-alcohol motifs (C(OH)–C–C–N with tert-alkyl or cyclic N) is 1. The number of hydrogen-bond acceptors (Lipinski definition) is 11. The number of hydrogen-bond donors (Lipinski definition) is 1. The molecular weight excluding hydrogens is 670 g/mol. The second-order valence-corrected chi connectivity index (χ2v) is 15.4. The first-order valence-corrected chi connectivity index (χ1v) is 18.9. The number of aromatic nitrogens is 4. The Morgan fingerprint density at radius 3 is 2.42 bits per heavy atom. The number of sulfonamides is 1. The van der Waals surface area contributed by atoms with Gasteiger partial charge in [-0.25, -0.2) is 18.4 Å². The summed E-state index contributed by atoms with van der Waals surface area (Å²) in [5, 5.41) is 16.0. The summed E-state index contributed by atoms with van der Waals surface area (Å²) in [7, 11) is -3.52. The number of thioether (sulfide) groups is 1. The topological polar surface area (TPSA) is 120 Å². The van der Waals surface area contributed by atoms with Crippen molar-refractivity contribution < 1.29 is 31.4 Å². The molecule has 5 heterocycles. The molecule has 1 aromatic carbocycles. The van der Waals surface area contributed by atoms with Crippen LogP contribution in [0, 0.1) is 0 Å². The Morgan fingerprint density at radius 1 is 1.00 bits per heavy atom. The van der Waals surface area contributed by atoms with Gasteiger partial charge in [0.1, 0.15) is 0 Å². The van der Waals surface area contributed by atoms with Gasteiger partial charge < -0.3 is 14.7 Å². The van der Waals surface area contributed by atoms with Gasteiger partial charge in [0.05, 0.1) is 43.4 Å². The monoisotopic (exact) mass is 710 g/mol. The van der Waals surface area contributed by atoms with Crippen LogP contribution in [0.25, 0.3) is 11.3 Å². The number of aliphatic hydroxyl groups excluding tert-OH is 1. The number of alkyl halides is 3. The van der Waals surface area contributed by atoms with E-state index in [-0.39, 0.29) is 24.5 Å². The first-order chi connectivity index (χ1) is 23.0. The van der Waals surface area contributed by atoms with Crippen molar-refractivity contribution in [2.45, 2.75) is 36.7 Å². The lowest BCUT2D eigenvalue weighted by atomic mass is 10.0. The minimum atomic E-state index is -4.53. The fourth-order valence-corrected chi connectivity index (χ4v) is 8.31. The van der Waals surface area contributed by atoms with Crippen LogP contribution in [0.2, 0.25) is 0 Å². The molecule has 0 radical (unpaired) electrons. The third-order valence-corrected chi connectivity index (χ3v) is 11.2. The highest BCUT2D eigenvalue weighted by molar-refractivity contribution is 7.99. The first-order valence-electron chi connectivity index (χ1n) is 16.1. The van der Waals surface area contributed by atoms with E-state index in [2.05, 4.69) is 24.7 Å². The van der Waals surface area contributed by atoms with E-state index in [4.69, 9.17) is 9.84 Å². The summed E-state index contributed by atoms with van der Waals surface area (Å²) in [5.74, 6) is 1.15. The number of morpholine rings is 1. The van der Waals surface area contributed by atoms with Gasteiger partial charge in [0.2, 0.25) is 16.0 Å². The molecule has 0 bridgehead atoms. The molecule has 0 spiro atoms. The maximum absolute atomic E-state index is 14.1. The van der Waals surface area contributed by atoms with Crippen LogP contribution >= 0.6 is 11.8 Å². The Morgan fingerprint density at radius 2 is 1.73 bits per heavy atom. The van der Waals surface area contributed by atoms with Crippen LogP contribution in [0.1, 0.15) is 16.8 Å². The minimum absolute atomic E-state index is 0.0592. The van der Waals surface area contributed by atoms with Gasteiger partial charge in [-0.3, -0.25) is 14.5 Å². The van der Waals surface area contributed by atoms with E-state index >= 15 is 0 Å². The van der Waals surface area contributed by atoms with Crippen LogP contribution in [-0.2, 0) is 40.4 Å². The Hall–Kier alpha value is -2.80. The predicted molar refractivity (Wildman–Crippen MR) is 176 cm³/mol. The second kappa shape index (κ2) is 15.0. The molecule has 17 heteroatoms. The van der Waals surface area contributed by atoms with Crippen LogP contribution in [0.3, 0.4) is 0 Å². The number of benzene rings is 1. The van der Waals surface area contributed by atoms with Gasteiger partial charge in [0, 0.05) is 112 Å². The van der Waals surface area contributed by atoms with Gasteiger partial charge in [0.15, 0.2) is 0 Å². The molecule has 262 valence electrons. The average molecular weight is 711 g/mol. The molecule has 3 aliphatic rings. The molecule has 0 saturated carbocycles. The zero-order valence-corrected chi connectivity index (χ0v) is 28.5. The van der Waals surface area contributed by atoms with E-state index in [0.29, 0.717) is 61.2 Å². The van der Waals surface area contributed by atoms with Crippen molar-refractivity contribution in [2.75, 3.05) is 89.0 Å². The summed E-state index contributed by atoms with van der Waals surface area (Å²) in [6, 6.07) is 5.79. The van der Waals surface area contributed by atoms with Gasteiger partial charge in [-0.15, -0.1) is 11.8 Å². The van der Waals surface area contributed by atoms with Gasteiger partial charge in [-0.1, -0.05) is 6.07 Å². The average Bonchev–Trinajstić information content (AvgIpc) is 3.42. The highest BCUT2D eigenvalue weighted by atomic mass is 32.2. The molecule has 3 aromatic rings. The molecule has 6 rings (SSSR count). The number of halogens is 3. The number of anilines is 1. The molecule has 0 aliphatic carbocycles. The van der Waals surface area contributed by atoms with Crippen LogP contribution in [0.5, 0.6) is 0 Å². The van der Waals surface area contributed by atoms with E-state index in [9.17, 15) is 26.7 Å². The highest BCUT2D eigenvalue weighted by Gasteiger charge is 2.35. The Labute approximate surface area is 282 Å². The number of piperazine rings is 1. The maximum Gasteiger partial charge on any atom is 0.417 e. The van der Waals surface area contributed by atoms with Crippen molar-refractivity contribution in [3.63, 3.8) is 0 Å². The van der Waals surface area contributed by atoms with Crippen molar-refractivity contribution in [3.8, 4) is 11.3 Å². The maximum atomic E-state index is 14.1. The minimum Gasteiger partial charge on any atom is -0.390 e. The Kier molecular flexibility index (Phi) is 10.9. The van der Waals surface area contributed by atoms with Crippen molar-refractivity contribution in [2.24, 2.45) is 0 Å². The molecule has 0 amide bonds. The lowest BCUT2D eigenvalue weighted by molar-refractivity contribution is -0.139. The van der Waals surface area contributed by atoms with Crippen LogP contribution in [0.15, 0.2) is 41.6 Å². The van der Waals surface area contributed by atoms with Crippen molar-refractivity contribution in [1.82, 2.24) is 33.9 Å². The van der Waals surface area contributed by atoms with Crippen LogP contribution < -0.4 is 4.90 Å². The summed E-state index contributed by atoms with van der Waals surface area (Å²) in [6.45, 7) is 7.14. The van der Waals surface area contributed by atoms with E-state index in [1.54, 1.807) is 23.1 Å². The van der Waals surface area contributed by atoms with Crippen molar-refractivity contribution in [3.05, 3.63) is 53.5 Å². The SMILES string of the molecule is CS(=O)(=O)N1CCc2c(c(-c3ccc(C(F)(F)F)c(SCCN4CCOCC4)c3)nn2CC(O)CN2CCN(c3ncccn3)CC2)C1. The van der Waals surface area contributed by atoms with Gasteiger partial charge in [-0.05, 0) is 18.2 Å². The molecular formula is C31H41F3N8O4S2. The third kappa shape index (κ3) is 8.49. The molecule has 2 aromatic heterocycles. The normalized spacial score (nSPS) is 19.4.